The molecule has 6 rings (SSSR count). The Kier molecular flexibility index (Phi) is 4.68. The highest BCUT2D eigenvalue weighted by atomic mass is 32.1. The fourth-order valence-electron chi connectivity index (χ4n) is 8.05. The van der Waals surface area contributed by atoms with Crippen LogP contribution in [0.2, 0.25) is 0 Å². The van der Waals surface area contributed by atoms with E-state index in [0.29, 0.717) is 22.8 Å². The summed E-state index contributed by atoms with van der Waals surface area (Å²) in [5.74, 6) is 2.15. The van der Waals surface area contributed by atoms with Gasteiger partial charge in [-0.15, -0.1) is 0 Å². The number of hydrogen-bond acceptors (Lipinski definition) is 2. The highest BCUT2D eigenvalue weighted by Gasteiger charge is 2.62. The molecule has 0 spiro atoms. The second-order valence-corrected chi connectivity index (χ2v) is 12.1. The van der Waals surface area contributed by atoms with Crippen LogP contribution in [0.1, 0.15) is 71.3 Å². The van der Waals surface area contributed by atoms with E-state index in [-0.39, 0.29) is 5.41 Å². The van der Waals surface area contributed by atoms with E-state index in [9.17, 15) is 0 Å². The molecule has 29 heavy (non-hydrogen) atoms. The molecular formula is C26H38N2S. The first-order valence-electron chi connectivity index (χ1n) is 11.9. The molecule has 158 valence electrons. The number of nitrogens with zero attached hydrogens (tertiary/aromatic N) is 1. The van der Waals surface area contributed by atoms with E-state index >= 15 is 0 Å². The van der Waals surface area contributed by atoms with Crippen molar-refractivity contribution >= 4 is 17.2 Å². The van der Waals surface area contributed by atoms with Crippen LogP contribution in [-0.2, 0) is 5.41 Å². The third-order valence-electron chi connectivity index (χ3n) is 9.47. The van der Waals surface area contributed by atoms with E-state index in [0.717, 1.165) is 31.3 Å². The van der Waals surface area contributed by atoms with Gasteiger partial charge in [0.1, 0.15) is 0 Å². The molecule has 0 radical (unpaired) electrons. The number of hydrogen-bond donors (Lipinski definition) is 1. The van der Waals surface area contributed by atoms with Crippen LogP contribution in [0.4, 0.5) is 0 Å². The summed E-state index contributed by atoms with van der Waals surface area (Å²) in [7, 11) is 0. The maximum atomic E-state index is 6.42. The van der Waals surface area contributed by atoms with Crippen LogP contribution >= 0.6 is 12.2 Å². The summed E-state index contributed by atoms with van der Waals surface area (Å²) < 4.78 is 0. The van der Waals surface area contributed by atoms with Crippen molar-refractivity contribution in [3.05, 3.63) is 35.9 Å². The number of benzene rings is 1. The van der Waals surface area contributed by atoms with Crippen molar-refractivity contribution in [3.8, 4) is 0 Å². The van der Waals surface area contributed by atoms with Gasteiger partial charge in [-0.25, -0.2) is 0 Å². The van der Waals surface area contributed by atoms with Crippen molar-refractivity contribution in [2.45, 2.75) is 77.2 Å². The van der Waals surface area contributed by atoms with E-state index in [2.05, 4.69) is 56.0 Å². The molecule has 2 unspecified atom stereocenters. The van der Waals surface area contributed by atoms with Gasteiger partial charge in [0, 0.05) is 25.0 Å². The van der Waals surface area contributed by atoms with E-state index in [4.69, 9.17) is 18.0 Å². The molecule has 3 atom stereocenters. The minimum atomic E-state index is 0.157. The molecule has 1 heterocycles. The van der Waals surface area contributed by atoms with E-state index in [1.807, 2.05) is 0 Å². The standard InChI is InChI=1S/C26H38N2S/c1-4-25-12-18-14-26(16-25,20-8-6-5-7-9-20)15-19(13-25)22(18)23(29)28-11-10-21(27)24(2,3)17-28/h5-9,18-19,21-22H,4,10-17,27H2,1-3H3/t18?,19?,21-,22?,25?,26?/m0/s1. The quantitative estimate of drug-likeness (QED) is 0.663. The monoisotopic (exact) mass is 410 g/mol. The van der Waals surface area contributed by atoms with Gasteiger partial charge in [-0.05, 0) is 72.2 Å². The lowest BCUT2D eigenvalue weighted by Gasteiger charge is -2.66. The van der Waals surface area contributed by atoms with Gasteiger partial charge in [-0.2, -0.15) is 0 Å². The minimum absolute atomic E-state index is 0.157. The van der Waals surface area contributed by atoms with Crippen molar-refractivity contribution < 1.29 is 0 Å². The van der Waals surface area contributed by atoms with Crippen LogP contribution in [0.5, 0.6) is 0 Å². The molecule has 4 saturated carbocycles. The van der Waals surface area contributed by atoms with Gasteiger partial charge in [-0.1, -0.05) is 69.7 Å². The highest BCUT2D eigenvalue weighted by molar-refractivity contribution is 7.80. The summed E-state index contributed by atoms with van der Waals surface area (Å²) in [6, 6.07) is 11.8. The highest BCUT2D eigenvalue weighted by Crippen LogP contribution is 2.68. The molecule has 0 aromatic heterocycles. The molecule has 5 fully saturated rings. The molecule has 4 aliphatic carbocycles. The van der Waals surface area contributed by atoms with Gasteiger partial charge in [0.2, 0.25) is 0 Å². The number of rotatable bonds is 3. The molecule has 0 amide bonds. The van der Waals surface area contributed by atoms with Crippen LogP contribution in [0.3, 0.4) is 0 Å². The lowest BCUT2D eigenvalue weighted by atomic mass is 9.39. The zero-order valence-corrected chi connectivity index (χ0v) is 19.3. The summed E-state index contributed by atoms with van der Waals surface area (Å²) in [4.78, 5) is 3.84. The van der Waals surface area contributed by atoms with Crippen LogP contribution in [0.25, 0.3) is 0 Å². The van der Waals surface area contributed by atoms with E-state index in [1.165, 1.54) is 43.5 Å². The summed E-state index contributed by atoms with van der Waals surface area (Å²) in [5, 5.41) is 0. The maximum Gasteiger partial charge on any atom is 0.0816 e. The van der Waals surface area contributed by atoms with Gasteiger partial charge in [0.25, 0.3) is 0 Å². The second-order valence-electron chi connectivity index (χ2n) is 11.7. The van der Waals surface area contributed by atoms with Crippen LogP contribution < -0.4 is 5.73 Å². The Bertz CT molecular complexity index is 769. The number of piperidine rings is 1. The van der Waals surface area contributed by atoms with Gasteiger partial charge >= 0.3 is 0 Å². The lowest BCUT2D eigenvalue weighted by molar-refractivity contribution is -0.0960. The second kappa shape index (κ2) is 6.79. The summed E-state index contributed by atoms with van der Waals surface area (Å²) in [6.07, 6.45) is 9.29. The van der Waals surface area contributed by atoms with Crippen molar-refractivity contribution in [2.75, 3.05) is 13.1 Å². The van der Waals surface area contributed by atoms with Crippen molar-refractivity contribution in [1.29, 1.82) is 0 Å². The molecule has 1 saturated heterocycles. The topological polar surface area (TPSA) is 29.3 Å². The predicted molar refractivity (Wildman–Crippen MR) is 125 cm³/mol. The Labute approximate surface area is 182 Å². The number of nitrogens with two attached hydrogens (primary N) is 1. The van der Waals surface area contributed by atoms with Crippen molar-refractivity contribution in [2.24, 2.45) is 34.3 Å². The smallest absolute Gasteiger partial charge is 0.0816 e. The Morgan fingerprint density at radius 1 is 1.10 bits per heavy atom. The fourth-order valence-corrected chi connectivity index (χ4v) is 8.59. The molecule has 3 heteroatoms. The molecule has 5 aliphatic rings. The largest absolute Gasteiger partial charge is 0.365 e. The lowest BCUT2D eigenvalue weighted by Crippen LogP contribution is -2.62. The SMILES string of the molecule is CCC12CC3CC(c4ccccc4)(CC(C1)C3C(=S)N1CC[C@H](N)C(C)(C)C1)C2. The molecule has 4 bridgehead atoms. The average molecular weight is 411 g/mol. The van der Waals surface area contributed by atoms with Crippen molar-refractivity contribution in [1.82, 2.24) is 4.90 Å². The molecule has 1 aromatic carbocycles. The van der Waals surface area contributed by atoms with Gasteiger partial charge in [0.05, 0.1) is 4.99 Å². The third-order valence-corrected chi connectivity index (χ3v) is 10.0. The molecule has 2 N–H and O–H groups in total. The van der Waals surface area contributed by atoms with Gasteiger partial charge < -0.3 is 10.6 Å². The third kappa shape index (κ3) is 3.10. The predicted octanol–water partition coefficient (Wildman–Crippen LogP) is 5.55. The molecule has 2 nitrogen and oxygen atoms in total. The summed E-state index contributed by atoms with van der Waals surface area (Å²) in [6.45, 7) is 9.17. The summed E-state index contributed by atoms with van der Waals surface area (Å²) >= 11 is 6.25. The zero-order chi connectivity index (χ0) is 20.4. The first kappa shape index (κ1) is 20.0. The van der Waals surface area contributed by atoms with Crippen LogP contribution in [0.15, 0.2) is 30.3 Å². The van der Waals surface area contributed by atoms with Crippen LogP contribution in [-0.4, -0.2) is 29.0 Å². The van der Waals surface area contributed by atoms with E-state index in [1.54, 1.807) is 5.56 Å². The Hall–Kier alpha value is -0.930. The zero-order valence-electron chi connectivity index (χ0n) is 18.5. The normalized spacial score (nSPS) is 42.8. The molecular weight excluding hydrogens is 372 g/mol. The van der Waals surface area contributed by atoms with Gasteiger partial charge in [-0.3, -0.25) is 0 Å². The van der Waals surface area contributed by atoms with Crippen molar-refractivity contribution in [3.63, 3.8) is 0 Å². The van der Waals surface area contributed by atoms with E-state index < -0.39 is 0 Å². The minimum Gasteiger partial charge on any atom is -0.365 e. The molecule has 1 aliphatic heterocycles. The van der Waals surface area contributed by atoms with Gasteiger partial charge in [0.15, 0.2) is 0 Å². The maximum absolute atomic E-state index is 6.42. The fraction of sp³-hybridized carbons (Fsp3) is 0.731. The van der Waals surface area contributed by atoms with Crippen LogP contribution in [0, 0.1) is 28.6 Å². The Morgan fingerprint density at radius 2 is 1.76 bits per heavy atom. The number of thiocarbonyl (C=S) groups is 1. The first-order chi connectivity index (χ1) is 13.8. The Balaban J connectivity index is 1.44. The Morgan fingerprint density at radius 3 is 2.34 bits per heavy atom. The summed E-state index contributed by atoms with van der Waals surface area (Å²) in [5.41, 5.74) is 9.13. The first-order valence-corrected chi connectivity index (χ1v) is 12.3. The molecule has 1 aromatic rings. The number of likely N-dealkylation sites (tertiary alicyclic amines) is 1. The average Bonchev–Trinajstić information content (AvgIpc) is 2.70.